The monoisotopic (exact) mass is 893 g/mol. The van der Waals surface area contributed by atoms with E-state index in [0.717, 1.165) is 46.5 Å². The normalized spacial score (nSPS) is 10.9. The van der Waals surface area contributed by atoms with E-state index in [1.807, 2.05) is 66.9 Å². The zero-order chi connectivity index (χ0) is 37.6. The van der Waals surface area contributed by atoms with Gasteiger partial charge in [0.1, 0.15) is 0 Å². The number of nitrogens with zero attached hydrogens (tertiary/aromatic N) is 4. The van der Waals surface area contributed by atoms with Crippen molar-refractivity contribution in [2.75, 3.05) is 0 Å². The molecule has 0 unspecified atom stereocenters. The molecule has 0 amide bonds. The fourth-order valence-electron chi connectivity index (χ4n) is 7.23. The number of imidazole rings is 1. The van der Waals surface area contributed by atoms with Crippen molar-refractivity contribution in [3.8, 4) is 39.5 Å². The third-order valence-corrected chi connectivity index (χ3v) is 9.53. The molecule has 4 nitrogen and oxygen atoms in total. The first-order chi connectivity index (χ1) is 26.3. The fraction of sp³-hybridized carbons (Fsp3) is 0.180. The molecule has 55 heavy (non-hydrogen) atoms. The van der Waals surface area contributed by atoms with Gasteiger partial charge in [-0.1, -0.05) is 107 Å². The zero-order valence-corrected chi connectivity index (χ0v) is 34.4. The second-order valence-corrected chi connectivity index (χ2v) is 14.6. The number of hydrogen-bond acceptors (Lipinski definition) is 2. The molecule has 1 radical (unpaired) electrons. The van der Waals surface area contributed by atoms with Gasteiger partial charge in [-0.05, 0) is 71.0 Å². The van der Waals surface area contributed by atoms with Crippen LogP contribution < -0.4 is 0 Å². The summed E-state index contributed by atoms with van der Waals surface area (Å²) in [6.07, 6.45) is 3.74. The first-order valence-electron chi connectivity index (χ1n) is 18.7. The Balaban J connectivity index is 0.000000217. The molecule has 0 atom stereocenters. The maximum absolute atomic E-state index is 7.76. The maximum atomic E-state index is 7.76. The van der Waals surface area contributed by atoms with Gasteiger partial charge in [-0.25, -0.2) is 4.85 Å². The van der Waals surface area contributed by atoms with E-state index in [2.05, 4.69) is 134 Å². The third kappa shape index (κ3) is 8.68. The second kappa shape index (κ2) is 17.7. The summed E-state index contributed by atoms with van der Waals surface area (Å²) in [4.78, 5) is 13.6. The van der Waals surface area contributed by atoms with Crippen molar-refractivity contribution in [1.29, 1.82) is 0 Å². The molecule has 0 saturated carbocycles. The van der Waals surface area contributed by atoms with Gasteiger partial charge < -0.3 is 9.55 Å². The van der Waals surface area contributed by atoms with Crippen LogP contribution in [0.5, 0.6) is 0 Å². The predicted molar refractivity (Wildman–Crippen MR) is 225 cm³/mol. The Hall–Kier alpha value is -5.66. The average molecular weight is 893 g/mol. The second-order valence-electron chi connectivity index (χ2n) is 14.6. The van der Waals surface area contributed by atoms with E-state index in [1.165, 1.54) is 44.3 Å². The molecule has 0 aliphatic rings. The Morgan fingerprint density at radius 2 is 1.33 bits per heavy atom. The first-order valence-corrected chi connectivity index (χ1v) is 18.7. The van der Waals surface area contributed by atoms with Crippen LogP contribution in [-0.4, -0.2) is 14.5 Å². The van der Waals surface area contributed by atoms with Crippen LogP contribution in [0.3, 0.4) is 0 Å². The first kappa shape index (κ1) is 39.0. The molecule has 2 aromatic heterocycles. The number of aryl methyl sites for hydroxylation is 1. The van der Waals surface area contributed by atoms with Gasteiger partial charge in [0.2, 0.25) is 0 Å². The Labute approximate surface area is 339 Å². The zero-order valence-electron chi connectivity index (χ0n) is 32.0. The van der Waals surface area contributed by atoms with Gasteiger partial charge in [-0.3, -0.25) is 4.98 Å². The van der Waals surface area contributed by atoms with E-state index in [9.17, 15) is 0 Å². The van der Waals surface area contributed by atoms with E-state index in [4.69, 9.17) is 11.6 Å². The molecule has 0 saturated heterocycles. The van der Waals surface area contributed by atoms with Gasteiger partial charge in [-0.2, -0.15) is 0 Å². The van der Waals surface area contributed by atoms with Crippen molar-refractivity contribution >= 4 is 27.5 Å². The Morgan fingerprint density at radius 1 is 0.709 bits per heavy atom. The summed E-state index contributed by atoms with van der Waals surface area (Å²) in [5, 5.41) is 2.37. The number of rotatable bonds is 8. The van der Waals surface area contributed by atoms with Crippen molar-refractivity contribution in [3.05, 3.63) is 180 Å². The third-order valence-electron chi connectivity index (χ3n) is 9.53. The van der Waals surface area contributed by atoms with Crippen LogP contribution in [0.1, 0.15) is 44.4 Å². The summed E-state index contributed by atoms with van der Waals surface area (Å²) in [6.45, 7) is 18.8. The van der Waals surface area contributed by atoms with E-state index >= 15 is 0 Å². The molecule has 5 heteroatoms. The predicted octanol–water partition coefficient (Wildman–Crippen LogP) is 13.1. The molecule has 0 bridgehead atoms. The Kier molecular flexibility index (Phi) is 12.5. The van der Waals surface area contributed by atoms with Crippen LogP contribution in [0.15, 0.2) is 140 Å². The van der Waals surface area contributed by atoms with Crippen LogP contribution in [-0.2, 0) is 32.9 Å². The van der Waals surface area contributed by atoms with Crippen molar-refractivity contribution in [2.24, 2.45) is 11.8 Å². The summed E-state index contributed by atoms with van der Waals surface area (Å²) in [6, 6.07) is 52.0. The maximum Gasteiger partial charge on any atom is 0.187 e. The largest absolute Gasteiger partial charge is 0.332 e. The molecule has 2 heterocycles. The minimum Gasteiger partial charge on any atom is -0.332 e. The standard InChI is InChI=1S/C32H30N3.C18H14N.Ir/c1-21(2)17-25-19-27(33-5)20-26(18-22(3)4)30(25)35-31-28-14-10-9-11-23(28)15-16-29(31)34-32(35)24-12-7-6-8-13-24;1-14-12-18(16-10-6-3-7-11-16)19-13-17(14)15-8-4-2-5-9-15;/h6-12,14-16,19-22H,17-18H2,1-4H3;2-10,12-13H,1H3;/q2*-1;. The van der Waals surface area contributed by atoms with Crippen molar-refractivity contribution < 1.29 is 20.1 Å². The molecule has 0 N–H and O–H groups in total. The minimum absolute atomic E-state index is 0. The van der Waals surface area contributed by atoms with Crippen LogP contribution in [0, 0.1) is 37.5 Å². The van der Waals surface area contributed by atoms with Gasteiger partial charge in [0.05, 0.1) is 23.4 Å². The summed E-state index contributed by atoms with van der Waals surface area (Å²) in [5.41, 5.74) is 13.0. The number of pyridine rings is 1. The Morgan fingerprint density at radius 3 is 1.93 bits per heavy atom. The molecule has 0 aliphatic carbocycles. The molecule has 8 aromatic rings. The molecule has 275 valence electrons. The molecule has 8 rings (SSSR count). The summed E-state index contributed by atoms with van der Waals surface area (Å²) >= 11 is 0. The summed E-state index contributed by atoms with van der Waals surface area (Å²) < 4.78 is 2.35. The van der Waals surface area contributed by atoms with E-state index < -0.39 is 0 Å². The smallest absolute Gasteiger partial charge is 0.187 e. The molecule has 0 fully saturated rings. The van der Waals surface area contributed by atoms with Gasteiger partial charge in [0.15, 0.2) is 5.69 Å². The van der Waals surface area contributed by atoms with Crippen molar-refractivity contribution in [3.63, 3.8) is 0 Å². The van der Waals surface area contributed by atoms with Gasteiger partial charge in [-0.15, -0.1) is 71.8 Å². The van der Waals surface area contributed by atoms with Crippen LogP contribution in [0.2, 0.25) is 0 Å². The molecular weight excluding hydrogens is 849 g/mol. The van der Waals surface area contributed by atoms with Crippen molar-refractivity contribution in [2.45, 2.75) is 47.5 Å². The van der Waals surface area contributed by atoms with Crippen molar-refractivity contribution in [1.82, 2.24) is 14.5 Å². The topological polar surface area (TPSA) is 35.1 Å². The minimum atomic E-state index is 0. The number of hydrogen-bond donors (Lipinski definition) is 0. The van der Waals surface area contributed by atoms with Crippen LogP contribution in [0.25, 0.3) is 66.1 Å². The molecular formula is C50H44IrN4-2. The van der Waals surface area contributed by atoms with E-state index in [1.54, 1.807) is 0 Å². The Bertz CT molecular complexity index is 2530. The van der Waals surface area contributed by atoms with Crippen LogP contribution in [0.4, 0.5) is 5.69 Å². The average Bonchev–Trinajstić information content (AvgIpc) is 3.58. The van der Waals surface area contributed by atoms with E-state index in [0.29, 0.717) is 17.5 Å². The molecule has 0 spiro atoms. The summed E-state index contributed by atoms with van der Waals surface area (Å²) in [5.74, 6) is 1.81. The van der Waals surface area contributed by atoms with Gasteiger partial charge in [0.25, 0.3) is 0 Å². The summed E-state index contributed by atoms with van der Waals surface area (Å²) in [7, 11) is 0. The number of aromatic nitrogens is 3. The molecule has 6 aromatic carbocycles. The number of benzene rings is 6. The van der Waals surface area contributed by atoms with Gasteiger partial charge >= 0.3 is 0 Å². The molecule has 0 aliphatic heterocycles. The fourth-order valence-corrected chi connectivity index (χ4v) is 7.23. The number of fused-ring (bicyclic) bond motifs is 3. The SMILES string of the molecule is Cc1cc(-c2[c-]cccc2)ncc1-c1ccccc1.[C-]#[N+]c1cc(CC(C)C)c(-n2c(-c3[c-]cccc3)nc3ccc4ccccc4c32)c(CC(C)C)c1.[Ir]. The quantitative estimate of drug-likeness (QED) is 0.142. The van der Waals surface area contributed by atoms with Gasteiger partial charge in [0, 0.05) is 42.9 Å². The van der Waals surface area contributed by atoms with Crippen LogP contribution >= 0.6 is 0 Å². The van der Waals surface area contributed by atoms with E-state index in [-0.39, 0.29) is 20.1 Å².